The van der Waals surface area contributed by atoms with Crippen molar-refractivity contribution in [1.29, 1.82) is 0 Å². The molecule has 0 aliphatic heterocycles. The van der Waals surface area contributed by atoms with E-state index in [-0.39, 0.29) is 11.6 Å². The quantitative estimate of drug-likeness (QED) is 0.782. The fourth-order valence-electron chi connectivity index (χ4n) is 2.37. The standard InChI is InChI=1S/C13H18FN3O3S/c1-21(19,20)17-11-8-9(4-5-10(11)14)16-12(18)13(15)6-2-3-7-13/h4-5,8,17H,2-3,6-7,15H2,1H3,(H,16,18). The van der Waals surface area contributed by atoms with Crippen molar-refractivity contribution in [2.75, 3.05) is 16.3 Å². The van der Waals surface area contributed by atoms with Crippen molar-refractivity contribution < 1.29 is 17.6 Å². The average Bonchev–Trinajstić information content (AvgIpc) is 2.80. The molecule has 0 aromatic heterocycles. The van der Waals surface area contributed by atoms with Gasteiger partial charge in [0.2, 0.25) is 15.9 Å². The Morgan fingerprint density at radius 2 is 1.95 bits per heavy atom. The van der Waals surface area contributed by atoms with Gasteiger partial charge >= 0.3 is 0 Å². The summed E-state index contributed by atoms with van der Waals surface area (Å²) >= 11 is 0. The maximum Gasteiger partial charge on any atom is 0.244 e. The highest BCUT2D eigenvalue weighted by Crippen LogP contribution is 2.29. The molecule has 0 bridgehead atoms. The molecule has 1 amide bonds. The molecule has 1 saturated carbocycles. The van der Waals surface area contributed by atoms with Crippen molar-refractivity contribution >= 4 is 27.3 Å². The molecule has 1 fully saturated rings. The van der Waals surface area contributed by atoms with Crippen molar-refractivity contribution in [3.63, 3.8) is 0 Å². The molecule has 4 N–H and O–H groups in total. The Labute approximate surface area is 123 Å². The van der Waals surface area contributed by atoms with Crippen molar-refractivity contribution in [3.05, 3.63) is 24.0 Å². The van der Waals surface area contributed by atoms with E-state index in [1.54, 1.807) is 0 Å². The van der Waals surface area contributed by atoms with E-state index in [1.807, 2.05) is 0 Å². The SMILES string of the molecule is CS(=O)(=O)Nc1cc(NC(=O)C2(N)CCCC2)ccc1F. The molecular weight excluding hydrogens is 297 g/mol. The van der Waals surface area contributed by atoms with Gasteiger partial charge in [0.15, 0.2) is 0 Å². The molecule has 1 aromatic rings. The number of hydrogen-bond donors (Lipinski definition) is 3. The van der Waals surface area contributed by atoms with E-state index < -0.39 is 21.4 Å². The Balaban J connectivity index is 2.17. The average molecular weight is 315 g/mol. The molecule has 0 radical (unpaired) electrons. The lowest BCUT2D eigenvalue weighted by molar-refractivity contribution is -0.121. The van der Waals surface area contributed by atoms with Crippen LogP contribution in [0.1, 0.15) is 25.7 Å². The third-order valence-corrected chi connectivity index (χ3v) is 4.06. The number of nitrogens with one attached hydrogen (secondary N) is 2. The Kier molecular flexibility index (Phi) is 4.20. The van der Waals surface area contributed by atoms with Crippen LogP contribution in [0.2, 0.25) is 0 Å². The van der Waals surface area contributed by atoms with Crippen LogP contribution in [-0.2, 0) is 14.8 Å². The molecule has 0 heterocycles. The summed E-state index contributed by atoms with van der Waals surface area (Å²) in [7, 11) is -3.60. The van der Waals surface area contributed by atoms with Crippen LogP contribution in [0.3, 0.4) is 0 Å². The lowest BCUT2D eigenvalue weighted by Crippen LogP contribution is -2.48. The second kappa shape index (κ2) is 5.61. The summed E-state index contributed by atoms with van der Waals surface area (Å²) in [5.41, 5.74) is 5.20. The van der Waals surface area contributed by atoms with Crippen LogP contribution in [0.15, 0.2) is 18.2 Å². The lowest BCUT2D eigenvalue weighted by atomic mass is 9.98. The predicted octanol–water partition coefficient (Wildman–Crippen LogP) is 1.41. The van der Waals surface area contributed by atoms with Crippen LogP contribution in [-0.4, -0.2) is 26.1 Å². The fourth-order valence-corrected chi connectivity index (χ4v) is 2.93. The molecular formula is C13H18FN3O3S. The van der Waals surface area contributed by atoms with Crippen molar-refractivity contribution in [2.24, 2.45) is 5.73 Å². The van der Waals surface area contributed by atoms with E-state index in [1.165, 1.54) is 12.1 Å². The number of sulfonamides is 1. The molecule has 116 valence electrons. The second-order valence-corrected chi connectivity index (χ2v) is 7.13. The van der Waals surface area contributed by atoms with Gasteiger partial charge in [0.05, 0.1) is 17.5 Å². The molecule has 1 aromatic carbocycles. The maximum absolute atomic E-state index is 13.5. The number of nitrogens with two attached hydrogens (primary N) is 1. The molecule has 2 rings (SSSR count). The zero-order valence-electron chi connectivity index (χ0n) is 11.6. The largest absolute Gasteiger partial charge is 0.324 e. The Hall–Kier alpha value is -1.67. The smallest absolute Gasteiger partial charge is 0.244 e. The predicted molar refractivity (Wildman–Crippen MR) is 78.9 cm³/mol. The molecule has 0 unspecified atom stereocenters. The van der Waals surface area contributed by atoms with E-state index >= 15 is 0 Å². The molecule has 8 heteroatoms. The van der Waals surface area contributed by atoms with Gasteiger partial charge in [-0.3, -0.25) is 9.52 Å². The zero-order valence-corrected chi connectivity index (χ0v) is 12.5. The van der Waals surface area contributed by atoms with E-state index in [2.05, 4.69) is 10.0 Å². The third-order valence-electron chi connectivity index (χ3n) is 3.47. The Bertz CT molecular complexity index is 655. The van der Waals surface area contributed by atoms with Crippen LogP contribution in [0, 0.1) is 5.82 Å². The van der Waals surface area contributed by atoms with E-state index in [0.29, 0.717) is 18.5 Å². The molecule has 1 aliphatic rings. The third kappa shape index (κ3) is 3.92. The highest BCUT2D eigenvalue weighted by Gasteiger charge is 2.37. The first-order chi connectivity index (χ1) is 9.70. The van der Waals surface area contributed by atoms with E-state index in [0.717, 1.165) is 25.2 Å². The van der Waals surface area contributed by atoms with Crippen molar-refractivity contribution in [2.45, 2.75) is 31.2 Å². The van der Waals surface area contributed by atoms with Crippen LogP contribution in [0.25, 0.3) is 0 Å². The zero-order chi connectivity index (χ0) is 15.7. The van der Waals surface area contributed by atoms with Gasteiger partial charge in [-0.15, -0.1) is 0 Å². The minimum absolute atomic E-state index is 0.215. The molecule has 0 atom stereocenters. The highest BCUT2D eigenvalue weighted by molar-refractivity contribution is 7.92. The summed E-state index contributed by atoms with van der Waals surface area (Å²) in [6.45, 7) is 0. The van der Waals surface area contributed by atoms with Crippen LogP contribution < -0.4 is 15.8 Å². The van der Waals surface area contributed by atoms with Gasteiger partial charge in [0, 0.05) is 5.69 Å². The van der Waals surface area contributed by atoms with Gasteiger partial charge in [-0.1, -0.05) is 12.8 Å². The molecule has 0 saturated heterocycles. The van der Waals surface area contributed by atoms with Gasteiger partial charge < -0.3 is 11.1 Å². The van der Waals surface area contributed by atoms with Gasteiger partial charge in [-0.05, 0) is 31.0 Å². The number of amides is 1. The lowest BCUT2D eigenvalue weighted by Gasteiger charge is -2.22. The minimum Gasteiger partial charge on any atom is -0.324 e. The number of carbonyl (C=O) groups excluding carboxylic acids is 1. The van der Waals surface area contributed by atoms with E-state index in [4.69, 9.17) is 5.73 Å². The maximum atomic E-state index is 13.5. The normalized spacial score (nSPS) is 17.5. The number of hydrogen-bond acceptors (Lipinski definition) is 4. The second-order valence-electron chi connectivity index (χ2n) is 5.39. The summed E-state index contributed by atoms with van der Waals surface area (Å²) in [6.07, 6.45) is 3.93. The minimum atomic E-state index is -3.60. The first-order valence-corrected chi connectivity index (χ1v) is 8.46. The highest BCUT2D eigenvalue weighted by atomic mass is 32.2. The number of halogens is 1. The molecule has 0 spiro atoms. The van der Waals surface area contributed by atoms with Crippen LogP contribution in [0.4, 0.5) is 15.8 Å². The van der Waals surface area contributed by atoms with Crippen LogP contribution in [0.5, 0.6) is 0 Å². The Morgan fingerprint density at radius 1 is 1.33 bits per heavy atom. The Morgan fingerprint density at radius 3 is 2.52 bits per heavy atom. The first kappa shape index (κ1) is 15.7. The molecule has 1 aliphatic carbocycles. The number of benzene rings is 1. The van der Waals surface area contributed by atoms with Crippen molar-refractivity contribution in [3.8, 4) is 0 Å². The number of rotatable bonds is 4. The molecule has 21 heavy (non-hydrogen) atoms. The van der Waals surface area contributed by atoms with Gasteiger partial charge in [-0.2, -0.15) is 0 Å². The number of anilines is 2. The number of carbonyl (C=O) groups is 1. The van der Waals surface area contributed by atoms with Crippen LogP contribution >= 0.6 is 0 Å². The monoisotopic (exact) mass is 315 g/mol. The van der Waals surface area contributed by atoms with Gasteiger partial charge in [-0.25, -0.2) is 12.8 Å². The summed E-state index contributed by atoms with van der Waals surface area (Å²) in [6, 6.07) is 3.67. The summed E-state index contributed by atoms with van der Waals surface area (Å²) in [4.78, 5) is 12.1. The molecule has 6 nitrogen and oxygen atoms in total. The summed E-state index contributed by atoms with van der Waals surface area (Å²) < 4.78 is 37.9. The topological polar surface area (TPSA) is 101 Å². The fraction of sp³-hybridized carbons (Fsp3) is 0.462. The van der Waals surface area contributed by atoms with Gasteiger partial charge in [0.25, 0.3) is 0 Å². The van der Waals surface area contributed by atoms with Crippen molar-refractivity contribution in [1.82, 2.24) is 0 Å². The van der Waals surface area contributed by atoms with E-state index in [9.17, 15) is 17.6 Å². The first-order valence-electron chi connectivity index (χ1n) is 6.57. The van der Waals surface area contributed by atoms with Gasteiger partial charge in [0.1, 0.15) is 5.82 Å². The summed E-state index contributed by atoms with van der Waals surface area (Å²) in [5.74, 6) is -1.06. The summed E-state index contributed by atoms with van der Waals surface area (Å²) in [5, 5.41) is 2.61.